The van der Waals surface area contributed by atoms with Gasteiger partial charge in [-0.3, -0.25) is 14.4 Å². The highest BCUT2D eigenvalue weighted by Gasteiger charge is 2.28. The lowest BCUT2D eigenvalue weighted by Gasteiger charge is -2.30. The minimum Gasteiger partial charge on any atom is -0.459 e. The zero-order valence-electron chi connectivity index (χ0n) is 14.3. The van der Waals surface area contributed by atoms with Crippen LogP contribution in [0, 0.1) is 5.92 Å². The number of likely N-dealkylation sites (tertiary alicyclic amines) is 1. The van der Waals surface area contributed by atoms with E-state index in [9.17, 15) is 14.4 Å². The van der Waals surface area contributed by atoms with Gasteiger partial charge < -0.3 is 20.4 Å². The van der Waals surface area contributed by atoms with Crippen molar-refractivity contribution >= 4 is 23.4 Å². The lowest BCUT2D eigenvalue weighted by molar-refractivity contribution is -0.121. The summed E-state index contributed by atoms with van der Waals surface area (Å²) in [6, 6.07) is 10.4. The van der Waals surface area contributed by atoms with Gasteiger partial charge in [0, 0.05) is 24.7 Å². The standard InChI is InChI=1S/C19H21N3O4/c20-17(23)12-13-3-5-15(6-4-13)21-18(24)14-7-9-22(10-8-14)19(25)16-2-1-11-26-16/h1-6,11,14H,7-10,12H2,(H2,20,23)(H,21,24). The van der Waals surface area contributed by atoms with Gasteiger partial charge in [-0.1, -0.05) is 12.1 Å². The summed E-state index contributed by atoms with van der Waals surface area (Å²) >= 11 is 0. The van der Waals surface area contributed by atoms with Crippen LogP contribution in [0.15, 0.2) is 47.1 Å². The molecule has 1 aliphatic rings. The number of rotatable bonds is 5. The highest BCUT2D eigenvalue weighted by Crippen LogP contribution is 2.21. The third-order valence-corrected chi connectivity index (χ3v) is 4.48. The molecule has 0 bridgehead atoms. The Morgan fingerprint density at radius 3 is 2.38 bits per heavy atom. The Morgan fingerprint density at radius 1 is 1.12 bits per heavy atom. The second-order valence-electron chi connectivity index (χ2n) is 6.37. The fourth-order valence-corrected chi connectivity index (χ4v) is 3.05. The van der Waals surface area contributed by atoms with Gasteiger partial charge in [0.25, 0.3) is 5.91 Å². The van der Waals surface area contributed by atoms with Crippen LogP contribution in [0.1, 0.15) is 29.0 Å². The third-order valence-electron chi connectivity index (χ3n) is 4.48. The zero-order chi connectivity index (χ0) is 18.5. The number of benzene rings is 1. The van der Waals surface area contributed by atoms with E-state index in [-0.39, 0.29) is 24.2 Å². The maximum absolute atomic E-state index is 12.4. The Labute approximate surface area is 151 Å². The molecular weight excluding hydrogens is 334 g/mol. The number of carbonyl (C=O) groups excluding carboxylic acids is 3. The molecule has 0 saturated carbocycles. The van der Waals surface area contributed by atoms with Crippen LogP contribution in [-0.4, -0.2) is 35.7 Å². The Balaban J connectivity index is 1.50. The number of nitrogens with zero attached hydrogens (tertiary/aromatic N) is 1. The first-order chi connectivity index (χ1) is 12.5. The molecule has 0 aliphatic carbocycles. The van der Waals surface area contributed by atoms with Crippen LogP contribution in [-0.2, 0) is 16.0 Å². The van der Waals surface area contributed by atoms with Crippen LogP contribution in [0.5, 0.6) is 0 Å². The number of anilines is 1. The van der Waals surface area contributed by atoms with Crippen molar-refractivity contribution in [3.63, 3.8) is 0 Å². The minimum absolute atomic E-state index is 0.0576. The van der Waals surface area contributed by atoms with Crippen molar-refractivity contribution < 1.29 is 18.8 Å². The Bertz CT molecular complexity index is 776. The van der Waals surface area contributed by atoms with Crippen molar-refractivity contribution in [3.05, 3.63) is 54.0 Å². The number of nitrogens with one attached hydrogen (secondary N) is 1. The molecule has 0 radical (unpaired) electrons. The van der Waals surface area contributed by atoms with Crippen LogP contribution in [0.25, 0.3) is 0 Å². The largest absolute Gasteiger partial charge is 0.459 e. The highest BCUT2D eigenvalue weighted by molar-refractivity contribution is 5.94. The first kappa shape index (κ1) is 17.7. The van der Waals surface area contributed by atoms with Gasteiger partial charge in [-0.05, 0) is 42.7 Å². The molecule has 1 aliphatic heterocycles. The molecule has 1 fully saturated rings. The number of hydrogen-bond acceptors (Lipinski definition) is 4. The molecule has 0 spiro atoms. The number of nitrogens with two attached hydrogens (primary N) is 1. The first-order valence-corrected chi connectivity index (χ1v) is 8.54. The fraction of sp³-hybridized carbons (Fsp3) is 0.316. The molecule has 0 unspecified atom stereocenters. The SMILES string of the molecule is NC(=O)Cc1ccc(NC(=O)C2CCN(C(=O)c3ccco3)CC2)cc1. The van der Waals surface area contributed by atoms with E-state index in [1.165, 1.54) is 6.26 Å². The average Bonchev–Trinajstić information content (AvgIpc) is 3.17. The third kappa shape index (κ3) is 4.30. The summed E-state index contributed by atoms with van der Waals surface area (Å²) in [5, 5.41) is 2.89. The van der Waals surface area contributed by atoms with Crippen molar-refractivity contribution in [1.82, 2.24) is 4.90 Å². The fourth-order valence-electron chi connectivity index (χ4n) is 3.05. The number of carbonyl (C=O) groups is 3. The number of furan rings is 1. The van der Waals surface area contributed by atoms with Crippen molar-refractivity contribution in [1.29, 1.82) is 0 Å². The molecule has 1 aromatic heterocycles. The highest BCUT2D eigenvalue weighted by atomic mass is 16.3. The van der Waals surface area contributed by atoms with Gasteiger partial charge >= 0.3 is 0 Å². The Morgan fingerprint density at radius 2 is 1.81 bits per heavy atom. The van der Waals surface area contributed by atoms with Crippen LogP contribution >= 0.6 is 0 Å². The summed E-state index contributed by atoms with van der Waals surface area (Å²) in [6.07, 6.45) is 2.87. The summed E-state index contributed by atoms with van der Waals surface area (Å²) in [4.78, 5) is 37.3. The van der Waals surface area contributed by atoms with E-state index in [4.69, 9.17) is 10.2 Å². The van der Waals surface area contributed by atoms with Gasteiger partial charge in [0.2, 0.25) is 11.8 Å². The van der Waals surface area contributed by atoms with Crippen LogP contribution < -0.4 is 11.1 Å². The normalized spacial score (nSPS) is 14.8. The van der Waals surface area contributed by atoms with Gasteiger partial charge in [-0.15, -0.1) is 0 Å². The smallest absolute Gasteiger partial charge is 0.289 e. The van der Waals surface area contributed by atoms with Gasteiger partial charge in [-0.2, -0.15) is 0 Å². The molecule has 3 N–H and O–H groups in total. The summed E-state index contributed by atoms with van der Waals surface area (Å²) in [6.45, 7) is 1.05. The lowest BCUT2D eigenvalue weighted by atomic mass is 9.95. The molecule has 7 nitrogen and oxygen atoms in total. The predicted octanol–water partition coefficient (Wildman–Crippen LogP) is 1.80. The minimum atomic E-state index is -0.391. The van der Waals surface area contributed by atoms with Gasteiger partial charge in [-0.25, -0.2) is 0 Å². The van der Waals surface area contributed by atoms with E-state index in [0.717, 1.165) is 5.56 Å². The van der Waals surface area contributed by atoms with Crippen molar-refractivity contribution in [3.8, 4) is 0 Å². The second kappa shape index (κ2) is 7.86. The van der Waals surface area contributed by atoms with Crippen LogP contribution in [0.2, 0.25) is 0 Å². The van der Waals surface area contributed by atoms with Crippen molar-refractivity contribution in [2.45, 2.75) is 19.3 Å². The number of piperidine rings is 1. The molecular formula is C19H21N3O4. The molecule has 3 rings (SSSR count). The Kier molecular flexibility index (Phi) is 5.36. The summed E-state index contributed by atoms with van der Waals surface area (Å²) in [5.74, 6) is -0.404. The monoisotopic (exact) mass is 355 g/mol. The molecule has 136 valence electrons. The Hall–Kier alpha value is -3.09. The molecule has 7 heteroatoms. The number of amides is 3. The van der Waals surface area contributed by atoms with E-state index in [2.05, 4.69) is 5.32 Å². The summed E-state index contributed by atoms with van der Waals surface area (Å²) in [7, 11) is 0. The lowest BCUT2D eigenvalue weighted by Crippen LogP contribution is -2.41. The first-order valence-electron chi connectivity index (χ1n) is 8.54. The van der Waals surface area contributed by atoms with Crippen molar-refractivity contribution in [2.24, 2.45) is 11.7 Å². The van der Waals surface area contributed by atoms with Crippen molar-refractivity contribution in [2.75, 3.05) is 18.4 Å². The molecule has 0 atom stereocenters. The molecule has 2 aromatic rings. The van der Waals surface area contributed by atoms with E-state index in [0.29, 0.717) is 37.4 Å². The molecule has 1 saturated heterocycles. The van der Waals surface area contributed by atoms with Gasteiger partial charge in [0.1, 0.15) is 0 Å². The van der Waals surface area contributed by atoms with E-state index < -0.39 is 5.91 Å². The molecule has 1 aromatic carbocycles. The average molecular weight is 355 g/mol. The summed E-state index contributed by atoms with van der Waals surface area (Å²) in [5.41, 5.74) is 6.65. The van der Waals surface area contributed by atoms with Crippen LogP contribution in [0.4, 0.5) is 5.69 Å². The zero-order valence-corrected chi connectivity index (χ0v) is 14.3. The topological polar surface area (TPSA) is 106 Å². The van der Waals surface area contributed by atoms with E-state index >= 15 is 0 Å². The van der Waals surface area contributed by atoms with Crippen LogP contribution in [0.3, 0.4) is 0 Å². The quantitative estimate of drug-likeness (QED) is 0.853. The predicted molar refractivity (Wildman–Crippen MR) is 95.3 cm³/mol. The maximum atomic E-state index is 12.4. The number of primary amides is 1. The number of hydrogen-bond donors (Lipinski definition) is 2. The molecule has 3 amide bonds. The van der Waals surface area contributed by atoms with Gasteiger partial charge in [0.15, 0.2) is 5.76 Å². The molecule has 26 heavy (non-hydrogen) atoms. The maximum Gasteiger partial charge on any atom is 0.289 e. The molecule has 2 heterocycles. The summed E-state index contributed by atoms with van der Waals surface area (Å²) < 4.78 is 5.14. The van der Waals surface area contributed by atoms with E-state index in [1.54, 1.807) is 41.3 Å². The van der Waals surface area contributed by atoms with Gasteiger partial charge in [0.05, 0.1) is 12.7 Å². The second-order valence-corrected chi connectivity index (χ2v) is 6.37. The van der Waals surface area contributed by atoms with E-state index in [1.807, 2.05) is 0 Å².